The van der Waals surface area contributed by atoms with Crippen LogP contribution in [-0.4, -0.2) is 41.5 Å². The van der Waals surface area contributed by atoms with Gasteiger partial charge in [-0.3, -0.25) is 20.4 Å². The minimum atomic E-state index is -4.46. The molecule has 0 aliphatic carbocycles. The van der Waals surface area contributed by atoms with E-state index in [0.29, 0.717) is 11.4 Å². The molecule has 172 valence electrons. The van der Waals surface area contributed by atoms with Crippen LogP contribution in [0.2, 0.25) is 0 Å². The van der Waals surface area contributed by atoms with E-state index < -0.39 is 35.1 Å². The fraction of sp³-hybridized carbons (Fsp3) is 0.286. The van der Waals surface area contributed by atoms with Gasteiger partial charge in [-0.05, 0) is 50.2 Å². The number of amides is 3. The highest BCUT2D eigenvalue weighted by molar-refractivity contribution is 6.01. The van der Waals surface area contributed by atoms with Crippen molar-refractivity contribution in [3.05, 3.63) is 59.7 Å². The van der Waals surface area contributed by atoms with Crippen LogP contribution in [0, 0.1) is 5.41 Å². The number of benzene rings is 2. The number of para-hydroxylation sites is 1. The molecular formula is C21H23F3N4O4. The number of anilines is 2. The van der Waals surface area contributed by atoms with Gasteiger partial charge in [0.1, 0.15) is 0 Å². The van der Waals surface area contributed by atoms with Crippen LogP contribution in [0.3, 0.4) is 0 Å². The van der Waals surface area contributed by atoms with E-state index in [4.69, 9.17) is 5.11 Å². The molecule has 0 heterocycles. The second-order valence-corrected chi connectivity index (χ2v) is 7.68. The predicted octanol–water partition coefficient (Wildman–Crippen LogP) is 3.85. The Morgan fingerprint density at radius 3 is 2.12 bits per heavy atom. The summed E-state index contributed by atoms with van der Waals surface area (Å²) in [7, 11) is 1.32. The van der Waals surface area contributed by atoms with Crippen LogP contribution in [-0.2, 0) is 11.0 Å². The van der Waals surface area contributed by atoms with Gasteiger partial charge in [0.05, 0.1) is 22.2 Å². The monoisotopic (exact) mass is 452 g/mol. The number of hydrazine groups is 1. The van der Waals surface area contributed by atoms with Gasteiger partial charge in [-0.2, -0.15) is 13.2 Å². The number of alkyl halides is 3. The molecule has 0 bridgehead atoms. The Balaban J connectivity index is 2.07. The maximum Gasteiger partial charge on any atom is 0.416 e. The molecule has 3 amide bonds. The molecule has 0 aromatic heterocycles. The van der Waals surface area contributed by atoms with E-state index in [2.05, 4.69) is 16.2 Å². The van der Waals surface area contributed by atoms with Gasteiger partial charge in [-0.15, -0.1) is 0 Å². The first-order chi connectivity index (χ1) is 14.8. The fourth-order valence-electron chi connectivity index (χ4n) is 2.77. The van der Waals surface area contributed by atoms with Gasteiger partial charge in [0.2, 0.25) is 5.91 Å². The van der Waals surface area contributed by atoms with Crippen molar-refractivity contribution in [2.24, 2.45) is 5.41 Å². The lowest BCUT2D eigenvalue weighted by molar-refractivity contribution is -0.137. The summed E-state index contributed by atoms with van der Waals surface area (Å²) in [6, 6.07) is 10.6. The predicted molar refractivity (Wildman–Crippen MR) is 111 cm³/mol. The summed E-state index contributed by atoms with van der Waals surface area (Å²) in [6.07, 6.45) is -5.65. The number of carboxylic acid groups (broad SMARTS) is 1. The summed E-state index contributed by atoms with van der Waals surface area (Å²) >= 11 is 0. The van der Waals surface area contributed by atoms with E-state index in [0.717, 1.165) is 17.0 Å². The minimum Gasteiger partial charge on any atom is -0.465 e. The lowest BCUT2D eigenvalue weighted by atomic mass is 9.92. The average Bonchev–Trinajstić information content (AvgIpc) is 2.71. The third-order valence-electron chi connectivity index (χ3n) is 4.53. The number of carbonyl (C=O) groups excluding carboxylic acids is 2. The van der Waals surface area contributed by atoms with Gasteiger partial charge in [0.15, 0.2) is 0 Å². The number of carbonyl (C=O) groups is 3. The van der Waals surface area contributed by atoms with Crippen LogP contribution < -0.4 is 16.2 Å². The molecule has 0 aliphatic heterocycles. The lowest BCUT2D eigenvalue weighted by Crippen LogP contribution is -2.51. The van der Waals surface area contributed by atoms with E-state index in [1.807, 2.05) is 0 Å². The zero-order chi connectivity index (χ0) is 24.1. The first kappa shape index (κ1) is 24.5. The standard InChI is InChI=1S/C21H23F3N4O4/c1-20(2,12-28(3)19(31)32)18(30)27-26-17(29)15-6-4-5-7-16(15)25-14-10-8-13(9-11-14)21(22,23)24/h4-11,25H,12H2,1-3H3,(H,26,29)(H,27,30)(H,31,32). The Labute approximate surface area is 182 Å². The first-order valence-corrected chi connectivity index (χ1v) is 9.39. The van der Waals surface area contributed by atoms with Gasteiger partial charge in [-0.25, -0.2) is 4.79 Å². The van der Waals surface area contributed by atoms with Crippen molar-refractivity contribution in [3.63, 3.8) is 0 Å². The maximum absolute atomic E-state index is 12.7. The Morgan fingerprint density at radius 2 is 1.56 bits per heavy atom. The molecule has 8 nitrogen and oxygen atoms in total. The lowest BCUT2D eigenvalue weighted by Gasteiger charge is -2.27. The van der Waals surface area contributed by atoms with Crippen LogP contribution in [0.4, 0.5) is 29.3 Å². The summed E-state index contributed by atoms with van der Waals surface area (Å²) in [5.74, 6) is -1.28. The molecule has 0 spiro atoms. The molecule has 0 saturated carbocycles. The number of rotatable bonds is 6. The smallest absolute Gasteiger partial charge is 0.416 e. The van der Waals surface area contributed by atoms with Crippen molar-refractivity contribution in [2.45, 2.75) is 20.0 Å². The number of nitrogens with zero attached hydrogens (tertiary/aromatic N) is 1. The molecule has 0 radical (unpaired) electrons. The van der Waals surface area contributed by atoms with Crippen molar-refractivity contribution >= 4 is 29.3 Å². The highest BCUT2D eigenvalue weighted by Gasteiger charge is 2.31. The topological polar surface area (TPSA) is 111 Å². The molecule has 0 aliphatic rings. The Hall–Kier alpha value is -3.76. The van der Waals surface area contributed by atoms with Gasteiger partial charge in [0, 0.05) is 19.3 Å². The molecule has 0 fully saturated rings. The number of hydrogen-bond acceptors (Lipinski definition) is 4. The second kappa shape index (κ2) is 9.58. The van der Waals surface area contributed by atoms with Crippen molar-refractivity contribution in [3.8, 4) is 0 Å². The van der Waals surface area contributed by atoms with E-state index in [1.165, 1.54) is 39.1 Å². The zero-order valence-electron chi connectivity index (χ0n) is 17.6. The van der Waals surface area contributed by atoms with E-state index in [9.17, 15) is 27.6 Å². The van der Waals surface area contributed by atoms with E-state index >= 15 is 0 Å². The summed E-state index contributed by atoms with van der Waals surface area (Å²) < 4.78 is 38.2. The molecule has 2 rings (SSSR count). The molecule has 0 saturated heterocycles. The third kappa shape index (κ3) is 6.37. The Kier molecular flexibility index (Phi) is 7.34. The van der Waals surface area contributed by atoms with Gasteiger partial charge >= 0.3 is 12.3 Å². The zero-order valence-corrected chi connectivity index (χ0v) is 17.6. The molecule has 0 atom stereocenters. The minimum absolute atomic E-state index is 0.101. The fourth-order valence-corrected chi connectivity index (χ4v) is 2.77. The Morgan fingerprint density at radius 1 is 0.969 bits per heavy atom. The summed E-state index contributed by atoms with van der Waals surface area (Å²) in [5, 5.41) is 11.8. The summed E-state index contributed by atoms with van der Waals surface area (Å²) in [5.41, 5.74) is 3.39. The van der Waals surface area contributed by atoms with Crippen LogP contribution >= 0.6 is 0 Å². The Bertz CT molecular complexity index is 991. The van der Waals surface area contributed by atoms with Crippen LogP contribution in [0.15, 0.2) is 48.5 Å². The molecular weight excluding hydrogens is 429 g/mol. The van der Waals surface area contributed by atoms with E-state index in [-0.39, 0.29) is 12.1 Å². The van der Waals surface area contributed by atoms with Gasteiger partial charge in [0.25, 0.3) is 5.91 Å². The van der Waals surface area contributed by atoms with Crippen LogP contribution in [0.1, 0.15) is 29.8 Å². The van der Waals surface area contributed by atoms with Gasteiger partial charge < -0.3 is 15.3 Å². The normalized spacial score (nSPS) is 11.4. The summed E-state index contributed by atoms with van der Waals surface area (Å²) in [4.78, 5) is 36.9. The second-order valence-electron chi connectivity index (χ2n) is 7.68. The SMILES string of the molecule is CN(CC(C)(C)C(=O)NNC(=O)c1ccccc1Nc1ccc(C(F)(F)F)cc1)C(=O)O. The van der Waals surface area contributed by atoms with Crippen LogP contribution in [0.25, 0.3) is 0 Å². The molecule has 2 aromatic carbocycles. The van der Waals surface area contributed by atoms with Crippen molar-refractivity contribution in [1.29, 1.82) is 0 Å². The van der Waals surface area contributed by atoms with Crippen molar-refractivity contribution in [2.75, 3.05) is 18.9 Å². The molecule has 4 N–H and O–H groups in total. The van der Waals surface area contributed by atoms with Crippen molar-refractivity contribution < 1.29 is 32.7 Å². The number of nitrogens with one attached hydrogen (secondary N) is 3. The first-order valence-electron chi connectivity index (χ1n) is 9.39. The maximum atomic E-state index is 12.7. The number of hydrogen-bond donors (Lipinski definition) is 4. The van der Waals surface area contributed by atoms with Gasteiger partial charge in [-0.1, -0.05) is 12.1 Å². The number of halogens is 3. The van der Waals surface area contributed by atoms with Crippen molar-refractivity contribution in [1.82, 2.24) is 15.8 Å². The largest absolute Gasteiger partial charge is 0.465 e. The average molecular weight is 452 g/mol. The molecule has 2 aromatic rings. The summed E-state index contributed by atoms with van der Waals surface area (Å²) in [6.45, 7) is 2.94. The molecule has 0 unspecified atom stereocenters. The highest BCUT2D eigenvalue weighted by Crippen LogP contribution is 2.30. The molecule has 32 heavy (non-hydrogen) atoms. The highest BCUT2D eigenvalue weighted by atomic mass is 19.4. The van der Waals surface area contributed by atoms with E-state index in [1.54, 1.807) is 18.2 Å². The molecule has 11 heteroatoms. The quantitative estimate of drug-likeness (QED) is 0.498. The third-order valence-corrected chi connectivity index (χ3v) is 4.53. The van der Waals surface area contributed by atoms with Crippen LogP contribution in [0.5, 0.6) is 0 Å².